The largest absolute Gasteiger partial charge is 0.504 e. The van der Waals surface area contributed by atoms with Gasteiger partial charge in [0.05, 0.1) is 11.5 Å². The molecule has 138 valence electrons. The maximum absolute atomic E-state index is 9.81. The monoisotopic (exact) mass is 354 g/mol. The first-order valence-electron chi connectivity index (χ1n) is 8.65. The number of hydrogen-bond donors (Lipinski definition) is 2. The molecule has 0 unspecified atom stereocenters. The van der Waals surface area contributed by atoms with Crippen molar-refractivity contribution in [2.45, 2.75) is 39.5 Å². The van der Waals surface area contributed by atoms with Gasteiger partial charge in [-0.3, -0.25) is 0 Å². The lowest BCUT2D eigenvalue weighted by molar-refractivity contribution is 0.383. The smallest absolute Gasteiger partial charge is 0.168 e. The highest BCUT2D eigenvalue weighted by Gasteiger charge is 2.07. The van der Waals surface area contributed by atoms with Crippen LogP contribution in [0.5, 0.6) is 23.0 Å². The number of hydrogen-bond acceptors (Lipinski definition) is 4. The van der Waals surface area contributed by atoms with Gasteiger partial charge in [-0.1, -0.05) is 25.3 Å². The lowest BCUT2D eigenvalue weighted by Crippen LogP contribution is -1.94. The molecular weight excluding hydrogens is 328 g/mol. The maximum Gasteiger partial charge on any atom is 0.168 e. The molecule has 0 amide bonds. The third kappa shape index (κ3) is 5.88. The molecule has 0 fully saturated rings. The second-order valence-corrected chi connectivity index (χ2v) is 6.42. The average molecular weight is 354 g/mol. The van der Waals surface area contributed by atoms with Crippen LogP contribution in [0.2, 0.25) is 0 Å². The van der Waals surface area contributed by atoms with Crippen LogP contribution >= 0.6 is 0 Å². The summed E-state index contributed by atoms with van der Waals surface area (Å²) in [4.78, 5) is 0. The first-order valence-corrected chi connectivity index (χ1v) is 8.65. The van der Waals surface area contributed by atoms with Crippen molar-refractivity contribution >= 4 is 0 Å². The SMILES string of the molecule is C=C(C)Oc1cc(CCCCc2ccc(O)c(OC(=C)C)c2)ccc1O. The van der Waals surface area contributed by atoms with Crippen molar-refractivity contribution in [2.75, 3.05) is 0 Å². The summed E-state index contributed by atoms with van der Waals surface area (Å²) in [6.07, 6.45) is 3.77. The van der Waals surface area contributed by atoms with E-state index >= 15 is 0 Å². The summed E-state index contributed by atoms with van der Waals surface area (Å²) < 4.78 is 10.9. The first kappa shape index (κ1) is 19.4. The first-order chi connectivity index (χ1) is 12.3. The molecule has 0 atom stereocenters. The molecule has 0 aliphatic carbocycles. The fourth-order valence-electron chi connectivity index (χ4n) is 2.63. The number of ether oxygens (including phenoxy) is 2. The Bertz CT molecular complexity index is 725. The molecule has 0 aliphatic rings. The third-order valence-corrected chi connectivity index (χ3v) is 3.80. The number of rotatable bonds is 9. The number of unbranched alkanes of at least 4 members (excludes halogenated alkanes) is 1. The molecule has 0 saturated heterocycles. The van der Waals surface area contributed by atoms with Gasteiger partial charge < -0.3 is 19.7 Å². The van der Waals surface area contributed by atoms with Gasteiger partial charge in [-0.05, 0) is 74.9 Å². The van der Waals surface area contributed by atoms with Crippen LogP contribution in [-0.4, -0.2) is 10.2 Å². The zero-order valence-electron chi connectivity index (χ0n) is 15.4. The Morgan fingerprint density at radius 3 is 1.50 bits per heavy atom. The molecule has 0 heterocycles. The van der Waals surface area contributed by atoms with E-state index in [-0.39, 0.29) is 11.5 Å². The molecule has 4 nitrogen and oxygen atoms in total. The molecule has 0 spiro atoms. The van der Waals surface area contributed by atoms with Gasteiger partial charge in [-0.25, -0.2) is 0 Å². The second-order valence-electron chi connectivity index (χ2n) is 6.42. The van der Waals surface area contributed by atoms with Gasteiger partial charge in [0.25, 0.3) is 0 Å². The zero-order valence-corrected chi connectivity index (χ0v) is 15.4. The van der Waals surface area contributed by atoms with Gasteiger partial charge in [0.2, 0.25) is 0 Å². The minimum atomic E-state index is 0.117. The Kier molecular flexibility index (Phi) is 6.73. The summed E-state index contributed by atoms with van der Waals surface area (Å²) in [6, 6.07) is 10.8. The van der Waals surface area contributed by atoms with Gasteiger partial charge in [-0.2, -0.15) is 0 Å². The van der Waals surface area contributed by atoms with E-state index in [1.54, 1.807) is 26.0 Å². The molecule has 0 aliphatic heterocycles. The summed E-state index contributed by atoms with van der Waals surface area (Å²) in [5, 5.41) is 19.6. The molecule has 0 bridgehead atoms. The quantitative estimate of drug-likeness (QED) is 0.462. The highest BCUT2D eigenvalue weighted by Crippen LogP contribution is 2.30. The predicted octanol–water partition coefficient (Wildman–Crippen LogP) is 5.49. The highest BCUT2D eigenvalue weighted by molar-refractivity contribution is 5.43. The van der Waals surface area contributed by atoms with Crippen LogP contribution in [-0.2, 0) is 12.8 Å². The molecule has 2 rings (SSSR count). The minimum absolute atomic E-state index is 0.117. The minimum Gasteiger partial charge on any atom is -0.504 e. The molecular formula is C22H26O4. The molecule has 2 N–H and O–H groups in total. The average Bonchev–Trinajstić information content (AvgIpc) is 2.56. The molecule has 0 radical (unpaired) electrons. The van der Waals surface area contributed by atoms with Crippen LogP contribution in [0, 0.1) is 0 Å². The number of phenols is 2. The maximum atomic E-state index is 9.81. The molecule has 4 heteroatoms. The van der Waals surface area contributed by atoms with Gasteiger partial charge in [0.1, 0.15) is 0 Å². The van der Waals surface area contributed by atoms with E-state index in [2.05, 4.69) is 13.2 Å². The van der Waals surface area contributed by atoms with Crippen molar-refractivity contribution in [3.63, 3.8) is 0 Å². The van der Waals surface area contributed by atoms with Crippen LogP contribution in [0.25, 0.3) is 0 Å². The number of aryl methyl sites for hydroxylation is 2. The van der Waals surface area contributed by atoms with E-state index in [0.717, 1.165) is 36.8 Å². The van der Waals surface area contributed by atoms with E-state index in [1.165, 1.54) is 0 Å². The van der Waals surface area contributed by atoms with Crippen molar-refractivity contribution in [1.82, 2.24) is 0 Å². The van der Waals surface area contributed by atoms with Crippen molar-refractivity contribution in [2.24, 2.45) is 0 Å². The van der Waals surface area contributed by atoms with Gasteiger partial charge >= 0.3 is 0 Å². The van der Waals surface area contributed by atoms with E-state index < -0.39 is 0 Å². The number of allylic oxidation sites excluding steroid dienone is 2. The molecule has 2 aromatic carbocycles. The second kappa shape index (κ2) is 8.99. The van der Waals surface area contributed by atoms with Crippen molar-refractivity contribution in [3.8, 4) is 23.0 Å². The summed E-state index contributed by atoms with van der Waals surface area (Å²) in [5.74, 6) is 2.19. The number of phenolic OH excluding ortho intramolecular Hbond substituents is 2. The number of benzene rings is 2. The fourth-order valence-corrected chi connectivity index (χ4v) is 2.63. The van der Waals surface area contributed by atoms with E-state index in [0.29, 0.717) is 23.0 Å². The van der Waals surface area contributed by atoms with Crippen LogP contribution in [0.4, 0.5) is 0 Å². The Balaban J connectivity index is 1.89. The molecule has 26 heavy (non-hydrogen) atoms. The van der Waals surface area contributed by atoms with Crippen LogP contribution in [0.1, 0.15) is 37.8 Å². The Morgan fingerprint density at radius 1 is 0.769 bits per heavy atom. The normalized spacial score (nSPS) is 10.4. The molecule has 0 saturated carbocycles. The van der Waals surface area contributed by atoms with E-state index in [4.69, 9.17) is 9.47 Å². The summed E-state index contributed by atoms with van der Waals surface area (Å²) in [6.45, 7) is 10.9. The summed E-state index contributed by atoms with van der Waals surface area (Å²) in [5.41, 5.74) is 2.21. The molecule has 2 aromatic rings. The third-order valence-electron chi connectivity index (χ3n) is 3.80. The zero-order chi connectivity index (χ0) is 19.1. The summed E-state index contributed by atoms with van der Waals surface area (Å²) in [7, 11) is 0. The lowest BCUT2D eigenvalue weighted by atomic mass is 10.0. The van der Waals surface area contributed by atoms with Gasteiger partial charge in [0, 0.05) is 0 Å². The van der Waals surface area contributed by atoms with E-state index in [1.807, 2.05) is 24.3 Å². The van der Waals surface area contributed by atoms with Gasteiger partial charge in [-0.15, -0.1) is 0 Å². The van der Waals surface area contributed by atoms with Crippen LogP contribution < -0.4 is 9.47 Å². The standard InChI is InChI=1S/C22H26O4/c1-15(2)25-21-13-17(9-11-19(21)23)7-5-6-8-18-10-12-20(24)22(14-18)26-16(3)4/h9-14,23-24H,1,3,5-8H2,2,4H3. The van der Waals surface area contributed by atoms with Crippen molar-refractivity contribution in [3.05, 3.63) is 72.2 Å². The Morgan fingerprint density at radius 2 is 1.15 bits per heavy atom. The fraction of sp³-hybridized carbons (Fsp3) is 0.273. The van der Waals surface area contributed by atoms with Crippen LogP contribution in [0.15, 0.2) is 61.1 Å². The Labute approximate surface area is 155 Å². The van der Waals surface area contributed by atoms with Crippen molar-refractivity contribution in [1.29, 1.82) is 0 Å². The lowest BCUT2D eigenvalue weighted by Gasteiger charge is -2.10. The highest BCUT2D eigenvalue weighted by atomic mass is 16.5. The summed E-state index contributed by atoms with van der Waals surface area (Å²) >= 11 is 0. The Hall–Kier alpha value is -2.88. The van der Waals surface area contributed by atoms with Crippen molar-refractivity contribution < 1.29 is 19.7 Å². The topological polar surface area (TPSA) is 58.9 Å². The molecule has 0 aromatic heterocycles. The van der Waals surface area contributed by atoms with E-state index in [9.17, 15) is 10.2 Å². The number of aromatic hydroxyl groups is 2. The van der Waals surface area contributed by atoms with Crippen LogP contribution in [0.3, 0.4) is 0 Å². The van der Waals surface area contributed by atoms with Gasteiger partial charge in [0.15, 0.2) is 23.0 Å². The predicted molar refractivity (Wildman–Crippen MR) is 104 cm³/mol.